The molecule has 178 valence electrons. The van der Waals surface area contributed by atoms with E-state index < -0.39 is 21.9 Å². The summed E-state index contributed by atoms with van der Waals surface area (Å²) in [6.45, 7) is 5.30. The summed E-state index contributed by atoms with van der Waals surface area (Å²) < 4.78 is 29.3. The van der Waals surface area contributed by atoms with Crippen LogP contribution in [0.2, 0.25) is 5.02 Å². The SMILES string of the molecule is C[C@H]1[C@@H]2[C@@]1(C(=O)N1CCCC1)SC(N)=N[C@]2(C)c1cc(/C=C(\F)c2ccc(Cl)cn2)ccc1F. The lowest BCUT2D eigenvalue weighted by Gasteiger charge is -2.35. The largest absolute Gasteiger partial charge is 0.378 e. The molecule has 1 aliphatic carbocycles. The van der Waals surface area contributed by atoms with E-state index in [1.165, 1.54) is 42.2 Å². The number of pyridine rings is 1. The van der Waals surface area contributed by atoms with E-state index in [-0.39, 0.29) is 28.6 Å². The number of carbonyl (C=O) groups is 1. The van der Waals surface area contributed by atoms with Crippen molar-refractivity contribution in [1.29, 1.82) is 0 Å². The van der Waals surface area contributed by atoms with Crippen LogP contribution in [0.3, 0.4) is 0 Å². The molecule has 4 atom stereocenters. The number of thioether (sulfide) groups is 1. The number of halogens is 3. The first-order valence-corrected chi connectivity index (χ1v) is 12.5. The number of likely N-dealkylation sites (tertiary alicyclic amines) is 1. The summed E-state index contributed by atoms with van der Waals surface area (Å²) in [5.74, 6) is -1.22. The van der Waals surface area contributed by atoms with E-state index in [2.05, 4.69) is 9.98 Å². The number of fused-ring (bicyclic) bond motifs is 1. The Labute approximate surface area is 206 Å². The van der Waals surface area contributed by atoms with Crippen LogP contribution in [0.25, 0.3) is 11.9 Å². The van der Waals surface area contributed by atoms with Gasteiger partial charge >= 0.3 is 0 Å². The smallest absolute Gasteiger partial charge is 0.239 e. The van der Waals surface area contributed by atoms with Crippen molar-refractivity contribution in [1.82, 2.24) is 9.88 Å². The predicted molar refractivity (Wildman–Crippen MR) is 132 cm³/mol. The Hall–Kier alpha value is -2.45. The number of hydrogen-bond donors (Lipinski definition) is 1. The molecule has 9 heteroatoms. The first-order valence-electron chi connectivity index (χ1n) is 11.3. The maximum Gasteiger partial charge on any atom is 0.239 e. The normalized spacial score (nSPS) is 30.7. The third-order valence-electron chi connectivity index (χ3n) is 7.28. The van der Waals surface area contributed by atoms with Crippen LogP contribution >= 0.6 is 23.4 Å². The van der Waals surface area contributed by atoms with E-state index in [0.29, 0.717) is 16.1 Å². The molecule has 5 nitrogen and oxygen atoms in total. The number of nitrogens with two attached hydrogens (primary N) is 1. The highest BCUT2D eigenvalue weighted by Crippen LogP contribution is 2.70. The first-order chi connectivity index (χ1) is 16.2. The molecule has 3 heterocycles. The van der Waals surface area contributed by atoms with Crippen LogP contribution in [-0.2, 0) is 10.3 Å². The van der Waals surface area contributed by atoms with Crippen LogP contribution in [0.1, 0.15) is 43.5 Å². The van der Waals surface area contributed by atoms with Crippen LogP contribution in [-0.4, -0.2) is 38.8 Å². The molecule has 2 aliphatic heterocycles. The van der Waals surface area contributed by atoms with Gasteiger partial charge in [0.25, 0.3) is 0 Å². The lowest BCUT2D eigenvalue weighted by Crippen LogP contribution is -2.45. The van der Waals surface area contributed by atoms with Gasteiger partial charge < -0.3 is 10.6 Å². The lowest BCUT2D eigenvalue weighted by molar-refractivity contribution is -0.131. The molecule has 2 aromatic rings. The molecule has 2 fully saturated rings. The van der Waals surface area contributed by atoms with Crippen molar-refractivity contribution >= 4 is 46.3 Å². The maximum atomic E-state index is 15.2. The average Bonchev–Trinajstić information content (AvgIpc) is 3.14. The summed E-state index contributed by atoms with van der Waals surface area (Å²) in [5, 5.41) is 0.678. The summed E-state index contributed by atoms with van der Waals surface area (Å²) in [6, 6.07) is 7.43. The second kappa shape index (κ2) is 8.34. The second-order valence-electron chi connectivity index (χ2n) is 9.35. The van der Waals surface area contributed by atoms with Crippen molar-refractivity contribution < 1.29 is 13.6 Å². The standard InChI is InChI=1S/C25H25ClF2N4OS/c1-14-21-24(2,31-23(29)34-25(14,21)22(33)32-9-3-4-10-32)17-11-15(5-7-18(17)27)12-19(28)20-8-6-16(26)13-30-20/h5-8,11-14,21H,3-4,9-10H2,1-2H3,(H2,29,31)/b19-12-/t14-,21-,24+,25-/m0/s1. The van der Waals surface area contributed by atoms with Gasteiger partial charge in [-0.1, -0.05) is 36.4 Å². The number of aliphatic imine (C=N–C) groups is 1. The highest BCUT2D eigenvalue weighted by atomic mass is 35.5. The monoisotopic (exact) mass is 502 g/mol. The van der Waals surface area contributed by atoms with E-state index in [0.717, 1.165) is 25.9 Å². The maximum absolute atomic E-state index is 15.2. The molecule has 0 spiro atoms. The molecular formula is C25H25ClF2N4OS. The molecule has 0 radical (unpaired) electrons. The average molecular weight is 503 g/mol. The van der Waals surface area contributed by atoms with Gasteiger partial charge in [-0.15, -0.1) is 0 Å². The third kappa shape index (κ3) is 3.62. The van der Waals surface area contributed by atoms with E-state index in [1.807, 2.05) is 18.7 Å². The van der Waals surface area contributed by atoms with Crippen molar-refractivity contribution in [2.75, 3.05) is 13.1 Å². The van der Waals surface area contributed by atoms with Crippen molar-refractivity contribution in [3.63, 3.8) is 0 Å². The fraction of sp³-hybridized carbons (Fsp3) is 0.400. The zero-order valence-electron chi connectivity index (χ0n) is 18.9. The van der Waals surface area contributed by atoms with Crippen molar-refractivity contribution in [3.05, 3.63) is 64.2 Å². The highest BCUT2D eigenvalue weighted by Gasteiger charge is 2.76. The van der Waals surface area contributed by atoms with E-state index in [1.54, 1.807) is 12.1 Å². The van der Waals surface area contributed by atoms with Crippen molar-refractivity contribution in [2.24, 2.45) is 22.6 Å². The van der Waals surface area contributed by atoms with Crippen LogP contribution in [0.4, 0.5) is 8.78 Å². The van der Waals surface area contributed by atoms with Crippen LogP contribution in [0.5, 0.6) is 0 Å². The molecule has 34 heavy (non-hydrogen) atoms. The minimum atomic E-state index is -1.05. The molecule has 0 bridgehead atoms. The topological polar surface area (TPSA) is 71.6 Å². The summed E-state index contributed by atoms with van der Waals surface area (Å²) in [5.41, 5.74) is 6.08. The van der Waals surface area contributed by atoms with E-state index in [4.69, 9.17) is 17.3 Å². The Morgan fingerprint density at radius 3 is 2.71 bits per heavy atom. The van der Waals surface area contributed by atoms with Gasteiger partial charge in [0.05, 0.1) is 16.3 Å². The van der Waals surface area contributed by atoms with Gasteiger partial charge in [-0.05, 0) is 61.6 Å². The van der Waals surface area contributed by atoms with Crippen molar-refractivity contribution in [3.8, 4) is 0 Å². The molecule has 1 aromatic heterocycles. The summed E-state index contributed by atoms with van der Waals surface area (Å²) >= 11 is 7.14. The number of nitrogens with zero attached hydrogens (tertiary/aromatic N) is 3. The predicted octanol–water partition coefficient (Wildman–Crippen LogP) is 5.25. The van der Waals surface area contributed by atoms with Gasteiger partial charge in [0, 0.05) is 30.8 Å². The Morgan fingerprint density at radius 2 is 2.03 bits per heavy atom. The highest BCUT2D eigenvalue weighted by molar-refractivity contribution is 8.15. The van der Waals surface area contributed by atoms with Gasteiger partial charge in [-0.25, -0.2) is 8.78 Å². The number of amides is 1. The molecule has 0 unspecified atom stereocenters. The van der Waals surface area contributed by atoms with Crippen LogP contribution in [0.15, 0.2) is 41.5 Å². The zero-order valence-corrected chi connectivity index (χ0v) is 20.5. The molecule has 1 saturated heterocycles. The van der Waals surface area contributed by atoms with Gasteiger partial charge in [-0.2, -0.15) is 0 Å². The zero-order chi connectivity index (χ0) is 24.3. The van der Waals surface area contributed by atoms with Gasteiger partial charge in [0.1, 0.15) is 16.4 Å². The number of carbonyl (C=O) groups excluding carboxylic acids is 1. The summed E-state index contributed by atoms with van der Waals surface area (Å²) in [4.78, 5) is 24.1. The summed E-state index contributed by atoms with van der Waals surface area (Å²) in [7, 11) is 0. The van der Waals surface area contributed by atoms with Crippen molar-refractivity contribution in [2.45, 2.75) is 37.0 Å². The summed E-state index contributed by atoms with van der Waals surface area (Å²) in [6.07, 6.45) is 4.64. The number of rotatable bonds is 4. The van der Waals surface area contributed by atoms with Gasteiger partial charge in [0.15, 0.2) is 5.17 Å². The molecule has 1 aromatic carbocycles. The molecule has 1 saturated carbocycles. The Morgan fingerprint density at radius 1 is 1.29 bits per heavy atom. The number of aromatic nitrogens is 1. The Kier molecular flexibility index (Phi) is 5.72. The van der Waals surface area contributed by atoms with E-state index in [9.17, 15) is 9.18 Å². The van der Waals surface area contributed by atoms with Gasteiger partial charge in [-0.3, -0.25) is 14.8 Å². The number of amidine groups is 1. The third-order valence-corrected chi connectivity index (χ3v) is 8.94. The molecule has 1 amide bonds. The fourth-order valence-corrected chi connectivity index (χ4v) is 7.33. The van der Waals surface area contributed by atoms with E-state index >= 15 is 4.39 Å². The fourth-order valence-electron chi connectivity index (χ4n) is 5.61. The molecule has 5 rings (SSSR count). The van der Waals surface area contributed by atoms with Gasteiger partial charge in [0.2, 0.25) is 5.91 Å². The lowest BCUT2D eigenvalue weighted by atomic mass is 9.84. The molecular weight excluding hydrogens is 478 g/mol. The van der Waals surface area contributed by atoms with Crippen LogP contribution in [0, 0.1) is 17.7 Å². The molecule has 2 N–H and O–H groups in total. The quantitative estimate of drug-likeness (QED) is 0.620. The second-order valence-corrected chi connectivity index (χ2v) is 11.1. The molecule has 3 aliphatic rings. The van der Waals surface area contributed by atoms with Crippen LogP contribution < -0.4 is 5.73 Å². The number of benzene rings is 1. The first kappa shape index (κ1) is 23.3. The Balaban J connectivity index is 1.53. The minimum Gasteiger partial charge on any atom is -0.378 e. The minimum absolute atomic E-state index is 0.0333. The number of hydrogen-bond acceptors (Lipinski definition) is 5. The Bertz CT molecular complexity index is 1210.